The molecule has 7 amide bonds. The Hall–Kier alpha value is -8.35. The van der Waals surface area contributed by atoms with Gasteiger partial charge < -0.3 is 44.7 Å². The maximum Gasteiger partial charge on any atom is 0.410 e. The highest BCUT2D eigenvalue weighted by Crippen LogP contribution is 2.30. The van der Waals surface area contributed by atoms with E-state index < -0.39 is 101 Å². The molecule has 0 saturated carbocycles. The highest BCUT2D eigenvalue weighted by atomic mass is 16.6. The molecule has 24 heteroatoms. The number of likely N-dealkylation sites (N-methyl/N-ethyl adjacent to an activating group) is 1. The Balaban J connectivity index is 0.000000239. The summed E-state index contributed by atoms with van der Waals surface area (Å²) < 4.78 is 23.3. The zero-order chi connectivity index (χ0) is 66.4. The number of esters is 2. The summed E-state index contributed by atoms with van der Waals surface area (Å²) in [6, 6.07) is 15.2. The van der Waals surface area contributed by atoms with Crippen molar-refractivity contribution in [1.82, 2.24) is 56.6 Å². The number of fused-ring (bicyclic) bond motifs is 8. The van der Waals surface area contributed by atoms with Gasteiger partial charge in [-0.05, 0) is 141 Å². The first-order chi connectivity index (χ1) is 42.8. The minimum atomic E-state index is -1.79. The van der Waals surface area contributed by atoms with Crippen LogP contribution in [0, 0.1) is 17.3 Å². The number of hydrazine groups is 2. The lowest BCUT2D eigenvalue weighted by Crippen LogP contribution is -2.61. The summed E-state index contributed by atoms with van der Waals surface area (Å²) in [5.74, 6) is -4.70. The second-order valence-electron chi connectivity index (χ2n) is 26.5. The molecule has 91 heavy (non-hydrogen) atoms. The standard InChI is InChI=1S/C36H48N6O8.C31H41N5O5/c1-21(2)29-31(44)38-23(4)32(45)42-16-8-9-27(40-42)30(43)37-22(3)26-13-12-25-11-10-24(19-28(25)39-26)14-15-36(33(46)49-29)20-41(17-18-48-36)34(47)50-35(5,6)7;1-18(2)26-27(37)32-19(3)28(38)36-16-8-9-24(34-36)29(39)35(7)20(4)23-13-12-22-11-10-21(17-25(22)33-23)14-15-31(5,6)30(40)41-26/h10-15,19,21-23,27,29,40H,8-9,16-18,20H2,1-7H3,(H,37,43)(H,38,44);10-15,17-20,24,26,34H,8-9,16H2,1-7H3,(H,32,37)/b2*15-14+/t22-,23+,27+,29+,36?;19-,20+,24-,26-/m10/s1. The van der Waals surface area contributed by atoms with Crippen molar-refractivity contribution in [2.45, 2.75) is 175 Å². The normalized spacial score (nSPS) is 27.6. The van der Waals surface area contributed by atoms with Gasteiger partial charge in [-0.15, -0.1) is 0 Å². The van der Waals surface area contributed by atoms with Crippen LogP contribution >= 0.6 is 0 Å². The van der Waals surface area contributed by atoms with Crippen LogP contribution in [0.4, 0.5) is 4.79 Å². The molecule has 10 bridgehead atoms. The minimum absolute atomic E-state index is 0.00116. The number of nitrogens with zero attached hydrogens (tertiary/aromatic N) is 6. The number of aromatic nitrogens is 2. The lowest BCUT2D eigenvalue weighted by molar-refractivity contribution is -0.183. The molecule has 0 radical (unpaired) electrons. The minimum Gasteiger partial charge on any atom is -0.451 e. The van der Waals surface area contributed by atoms with Crippen LogP contribution in [0.25, 0.3) is 34.0 Å². The summed E-state index contributed by atoms with van der Waals surface area (Å²) in [5, 5.41) is 13.0. The van der Waals surface area contributed by atoms with Gasteiger partial charge in [0.15, 0.2) is 12.2 Å². The number of morpholine rings is 1. The molecule has 5 aliphatic rings. The van der Waals surface area contributed by atoms with E-state index in [1.165, 1.54) is 27.9 Å². The van der Waals surface area contributed by atoms with E-state index in [4.69, 9.17) is 28.9 Å². The summed E-state index contributed by atoms with van der Waals surface area (Å²) in [6.45, 7) is 23.3. The van der Waals surface area contributed by atoms with Crippen molar-refractivity contribution >= 4 is 87.4 Å². The zero-order valence-electron chi connectivity index (χ0n) is 54.7. The van der Waals surface area contributed by atoms with E-state index in [-0.39, 0.29) is 49.4 Å². The predicted octanol–water partition coefficient (Wildman–Crippen LogP) is 6.39. The molecule has 3 fully saturated rings. The molecule has 490 valence electrons. The second-order valence-corrected chi connectivity index (χ2v) is 26.5. The molecule has 3 saturated heterocycles. The molecule has 2 aromatic heterocycles. The third kappa shape index (κ3) is 16.6. The number of nitrogens with one attached hydrogen (secondary N) is 5. The molecular weight excluding hydrogens is 1170 g/mol. The SMILES string of the molecule is CC(C)[C@@H]1OC(=O)C(C)(C)/C=C/c2ccc3ccc(nc3c2)[C@@H](C)N(C)C(=O)[C@@H]2CCCN(N2)C(=O)[C@H](C)NC1=O.CC(C)[C@@H]1OC(=O)C2(/C=C/c3ccc4ccc(nc4c3)[C@@H](C)NC(=O)[C@@H]3CCCN(N3)C(=O)[C@H](C)NC1=O)CN(C(=O)OC(C)(C)C)CCO2. The van der Waals surface area contributed by atoms with Crippen molar-refractivity contribution < 1.29 is 62.1 Å². The van der Waals surface area contributed by atoms with Gasteiger partial charge in [0.05, 0.1) is 53.1 Å². The van der Waals surface area contributed by atoms with E-state index >= 15 is 0 Å². The molecule has 5 aliphatic heterocycles. The van der Waals surface area contributed by atoms with Gasteiger partial charge in [-0.25, -0.2) is 20.4 Å². The van der Waals surface area contributed by atoms with E-state index in [0.717, 1.165) is 27.5 Å². The van der Waals surface area contributed by atoms with Crippen LogP contribution in [0.5, 0.6) is 0 Å². The summed E-state index contributed by atoms with van der Waals surface area (Å²) in [5.41, 5.74) is 6.84. The Bertz CT molecular complexity index is 3490. The highest BCUT2D eigenvalue weighted by molar-refractivity contribution is 5.94. The zero-order valence-corrected chi connectivity index (χ0v) is 54.7. The van der Waals surface area contributed by atoms with Gasteiger partial charge >= 0.3 is 18.0 Å². The summed E-state index contributed by atoms with van der Waals surface area (Å²) in [6.07, 6.45) is 6.10. The van der Waals surface area contributed by atoms with Gasteiger partial charge in [-0.3, -0.25) is 53.5 Å². The number of rotatable bonds is 2. The molecule has 4 aromatic rings. The first-order valence-electron chi connectivity index (χ1n) is 31.4. The fourth-order valence-electron chi connectivity index (χ4n) is 11.0. The molecule has 5 N–H and O–H groups in total. The van der Waals surface area contributed by atoms with Gasteiger partial charge in [0, 0.05) is 37.5 Å². The van der Waals surface area contributed by atoms with E-state index in [1.807, 2.05) is 80.6 Å². The average Bonchev–Trinajstić information content (AvgIpc) is 1.26. The Morgan fingerprint density at radius 3 is 1.65 bits per heavy atom. The van der Waals surface area contributed by atoms with Gasteiger partial charge in [0.25, 0.3) is 23.6 Å². The summed E-state index contributed by atoms with van der Waals surface area (Å²) in [7, 11) is 1.74. The molecule has 9 rings (SSSR count). The van der Waals surface area contributed by atoms with E-state index in [2.05, 4.69) is 26.8 Å². The molecule has 0 aliphatic carbocycles. The monoisotopic (exact) mass is 1260 g/mol. The van der Waals surface area contributed by atoms with Crippen LogP contribution in [0.1, 0.15) is 150 Å². The quantitative estimate of drug-likeness (QED) is 0.107. The maximum atomic E-state index is 14.2. The maximum absolute atomic E-state index is 14.2. The smallest absolute Gasteiger partial charge is 0.410 e. The molecule has 1 unspecified atom stereocenters. The molecule has 24 nitrogen and oxygen atoms in total. The number of amides is 7. The van der Waals surface area contributed by atoms with Gasteiger partial charge in [-0.1, -0.05) is 82.3 Å². The summed E-state index contributed by atoms with van der Waals surface area (Å²) >= 11 is 0. The van der Waals surface area contributed by atoms with Crippen LogP contribution in [-0.2, 0) is 57.3 Å². The fraction of sp³-hybridized carbons (Fsp3) is 0.537. The number of cyclic esters (lactones) is 2. The second kappa shape index (κ2) is 28.4. The predicted molar refractivity (Wildman–Crippen MR) is 340 cm³/mol. The van der Waals surface area contributed by atoms with E-state index in [9.17, 15) is 43.2 Å². The van der Waals surface area contributed by atoms with Crippen molar-refractivity contribution in [3.05, 3.63) is 95.3 Å². The lowest BCUT2D eigenvalue weighted by atomic mass is 9.92. The van der Waals surface area contributed by atoms with Crippen molar-refractivity contribution in [2.24, 2.45) is 17.3 Å². The van der Waals surface area contributed by atoms with Crippen LogP contribution in [0.15, 0.2) is 72.8 Å². The molecule has 1 spiro atoms. The van der Waals surface area contributed by atoms with Crippen molar-refractivity contribution in [2.75, 3.05) is 39.8 Å². The molecule has 9 atom stereocenters. The van der Waals surface area contributed by atoms with Gasteiger partial charge in [-0.2, -0.15) is 0 Å². The highest BCUT2D eigenvalue weighted by Gasteiger charge is 2.48. The summed E-state index contributed by atoms with van der Waals surface area (Å²) in [4.78, 5) is 134. The largest absolute Gasteiger partial charge is 0.451 e. The topological polar surface area (TPSA) is 289 Å². The average molecular weight is 1260 g/mol. The van der Waals surface area contributed by atoms with Crippen LogP contribution < -0.4 is 26.8 Å². The van der Waals surface area contributed by atoms with Crippen LogP contribution in [-0.4, -0.2) is 171 Å². The van der Waals surface area contributed by atoms with Crippen molar-refractivity contribution in [3.63, 3.8) is 0 Å². The number of hydrogen-bond donors (Lipinski definition) is 5. The van der Waals surface area contributed by atoms with Crippen LogP contribution in [0.3, 0.4) is 0 Å². The first kappa shape index (κ1) is 68.6. The number of hydrogen-bond acceptors (Lipinski definition) is 17. The number of pyridine rings is 2. The Morgan fingerprint density at radius 1 is 0.615 bits per heavy atom. The molecular formula is C67H89N11O13. The Morgan fingerprint density at radius 2 is 1.10 bits per heavy atom. The first-order valence-corrected chi connectivity index (χ1v) is 31.4. The third-order valence-electron chi connectivity index (χ3n) is 16.7. The van der Waals surface area contributed by atoms with Gasteiger partial charge in [0.2, 0.25) is 17.4 Å². The van der Waals surface area contributed by atoms with Crippen molar-refractivity contribution in [3.8, 4) is 0 Å². The van der Waals surface area contributed by atoms with E-state index in [0.29, 0.717) is 55.5 Å². The fourth-order valence-corrected chi connectivity index (χ4v) is 11.0. The number of benzene rings is 2. The van der Waals surface area contributed by atoms with E-state index in [1.54, 1.807) is 93.3 Å². The lowest BCUT2D eigenvalue weighted by Gasteiger charge is -2.40. The Labute approximate surface area is 531 Å². The van der Waals surface area contributed by atoms with Gasteiger partial charge in [0.1, 0.15) is 29.8 Å². The molecule has 2 aromatic carbocycles. The number of carbonyl (C=O) groups excluding carboxylic acids is 9. The Kier molecular flexibility index (Phi) is 21.4. The number of ether oxygens (including phenoxy) is 4. The molecule has 7 heterocycles. The third-order valence-corrected chi connectivity index (χ3v) is 16.7. The van der Waals surface area contributed by atoms with Crippen LogP contribution in [0.2, 0.25) is 0 Å². The van der Waals surface area contributed by atoms with Crippen molar-refractivity contribution in [1.29, 1.82) is 0 Å². The number of carbonyl (C=O) groups is 9.